The third-order valence-corrected chi connectivity index (χ3v) is 3.64. The topological polar surface area (TPSA) is 23.5 Å². The van der Waals surface area contributed by atoms with Gasteiger partial charge in [-0.2, -0.15) is 0 Å². The minimum Gasteiger partial charge on any atom is -0.389 e. The number of rotatable bonds is 1. The Balaban J connectivity index is 2.00. The first kappa shape index (κ1) is 8.52. The Hall–Kier alpha value is -0.0800. The predicted molar refractivity (Wildman–Crippen MR) is 49.0 cm³/mol. The Morgan fingerprint density at radius 3 is 2.58 bits per heavy atom. The lowest BCUT2D eigenvalue weighted by Crippen LogP contribution is -2.48. The van der Waals surface area contributed by atoms with Gasteiger partial charge in [0.25, 0.3) is 0 Å². The van der Waals surface area contributed by atoms with Crippen molar-refractivity contribution in [1.29, 1.82) is 0 Å². The van der Waals surface area contributed by atoms with E-state index in [1.54, 1.807) is 0 Å². The van der Waals surface area contributed by atoms with Gasteiger partial charge in [-0.15, -0.1) is 0 Å². The number of aliphatic hydroxyl groups is 1. The number of piperidine rings is 1. The summed E-state index contributed by atoms with van der Waals surface area (Å²) in [6.45, 7) is 3.28. The van der Waals surface area contributed by atoms with Crippen LogP contribution in [0.25, 0.3) is 0 Å². The fourth-order valence-electron chi connectivity index (χ4n) is 2.35. The van der Waals surface area contributed by atoms with Crippen LogP contribution in [0.5, 0.6) is 0 Å². The number of nitrogens with zero attached hydrogens (tertiary/aromatic N) is 1. The molecule has 2 atom stereocenters. The van der Waals surface area contributed by atoms with Gasteiger partial charge in [-0.1, -0.05) is 0 Å². The molecule has 1 heterocycles. The third kappa shape index (κ3) is 1.38. The fraction of sp³-hybridized carbons (Fsp3) is 1.00. The van der Waals surface area contributed by atoms with E-state index in [9.17, 15) is 5.11 Å². The van der Waals surface area contributed by atoms with Crippen LogP contribution in [0.2, 0.25) is 0 Å². The van der Waals surface area contributed by atoms with Gasteiger partial charge >= 0.3 is 0 Å². The summed E-state index contributed by atoms with van der Waals surface area (Å²) in [6.07, 6.45) is 4.48. The van der Waals surface area contributed by atoms with Crippen LogP contribution in [0, 0.1) is 5.92 Å². The van der Waals surface area contributed by atoms with Crippen LogP contribution in [0.1, 0.15) is 32.6 Å². The molecule has 12 heavy (non-hydrogen) atoms. The second kappa shape index (κ2) is 2.71. The molecule has 0 radical (unpaired) electrons. The zero-order chi connectivity index (χ0) is 8.77. The Morgan fingerprint density at radius 2 is 2.08 bits per heavy atom. The zero-order valence-corrected chi connectivity index (χ0v) is 8.08. The predicted octanol–water partition coefficient (Wildman–Crippen LogP) is 1.24. The second-order valence-electron chi connectivity index (χ2n) is 4.66. The first-order valence-corrected chi connectivity index (χ1v) is 5.04. The van der Waals surface area contributed by atoms with Crippen molar-refractivity contribution in [2.75, 3.05) is 13.6 Å². The van der Waals surface area contributed by atoms with Crippen molar-refractivity contribution in [2.24, 2.45) is 5.92 Å². The van der Waals surface area contributed by atoms with Crippen LogP contribution < -0.4 is 0 Å². The SMILES string of the molecule is CC1CC(O)(C2CC2)CCN1C. The quantitative estimate of drug-likeness (QED) is 0.638. The van der Waals surface area contributed by atoms with Crippen molar-refractivity contribution in [2.45, 2.75) is 44.2 Å². The molecule has 1 aliphatic heterocycles. The van der Waals surface area contributed by atoms with Crippen LogP contribution in [0.15, 0.2) is 0 Å². The summed E-state index contributed by atoms with van der Waals surface area (Å²) in [4.78, 5) is 2.34. The van der Waals surface area contributed by atoms with Crippen LogP contribution in [0.4, 0.5) is 0 Å². The largest absolute Gasteiger partial charge is 0.389 e. The normalized spacial score (nSPS) is 44.8. The van der Waals surface area contributed by atoms with Gasteiger partial charge in [0.15, 0.2) is 0 Å². The van der Waals surface area contributed by atoms with Crippen molar-refractivity contribution < 1.29 is 5.11 Å². The summed E-state index contributed by atoms with van der Waals surface area (Å²) < 4.78 is 0. The van der Waals surface area contributed by atoms with Crippen molar-refractivity contribution in [1.82, 2.24) is 4.90 Å². The van der Waals surface area contributed by atoms with Crippen molar-refractivity contribution in [3.8, 4) is 0 Å². The molecule has 0 aromatic rings. The van der Waals surface area contributed by atoms with E-state index in [4.69, 9.17) is 0 Å². The van der Waals surface area contributed by atoms with E-state index in [0.717, 1.165) is 19.4 Å². The molecule has 0 amide bonds. The zero-order valence-electron chi connectivity index (χ0n) is 8.08. The number of hydrogen-bond acceptors (Lipinski definition) is 2. The second-order valence-corrected chi connectivity index (χ2v) is 4.66. The molecule has 0 aromatic heterocycles. The highest BCUT2D eigenvalue weighted by Crippen LogP contribution is 2.45. The first-order valence-electron chi connectivity index (χ1n) is 5.04. The Kier molecular flexibility index (Phi) is 1.92. The smallest absolute Gasteiger partial charge is 0.0702 e. The molecule has 1 N–H and O–H groups in total. The van der Waals surface area contributed by atoms with Crippen LogP contribution in [0.3, 0.4) is 0 Å². The standard InChI is InChI=1S/C10H19NO/c1-8-7-10(12,9-3-4-9)5-6-11(8)2/h8-9,12H,3-7H2,1-2H3. The van der Waals surface area contributed by atoms with E-state index in [-0.39, 0.29) is 5.60 Å². The Morgan fingerprint density at radius 1 is 1.42 bits per heavy atom. The third-order valence-electron chi connectivity index (χ3n) is 3.64. The summed E-state index contributed by atoms with van der Waals surface area (Å²) in [7, 11) is 2.15. The molecular weight excluding hydrogens is 150 g/mol. The molecule has 2 aliphatic rings. The van der Waals surface area contributed by atoms with Crippen molar-refractivity contribution in [3.05, 3.63) is 0 Å². The molecule has 1 aliphatic carbocycles. The van der Waals surface area contributed by atoms with E-state index in [1.165, 1.54) is 12.8 Å². The van der Waals surface area contributed by atoms with Crippen LogP contribution in [-0.2, 0) is 0 Å². The molecular formula is C10H19NO. The summed E-state index contributed by atoms with van der Waals surface area (Å²) in [5, 5.41) is 10.3. The molecule has 1 saturated carbocycles. The maximum absolute atomic E-state index is 10.3. The lowest BCUT2D eigenvalue weighted by atomic mass is 9.83. The molecule has 1 saturated heterocycles. The van der Waals surface area contributed by atoms with Gasteiger partial charge in [0.1, 0.15) is 0 Å². The average Bonchev–Trinajstić information content (AvgIpc) is 2.79. The fourth-order valence-corrected chi connectivity index (χ4v) is 2.35. The molecule has 2 heteroatoms. The molecule has 2 nitrogen and oxygen atoms in total. The number of likely N-dealkylation sites (tertiary alicyclic amines) is 1. The van der Waals surface area contributed by atoms with Gasteiger partial charge in [0.2, 0.25) is 0 Å². The van der Waals surface area contributed by atoms with E-state index in [2.05, 4.69) is 18.9 Å². The van der Waals surface area contributed by atoms with Crippen molar-refractivity contribution >= 4 is 0 Å². The molecule has 2 fully saturated rings. The summed E-state index contributed by atoms with van der Waals surface area (Å²) in [5.41, 5.74) is -0.300. The molecule has 0 aromatic carbocycles. The van der Waals surface area contributed by atoms with Crippen LogP contribution >= 0.6 is 0 Å². The van der Waals surface area contributed by atoms with Crippen LogP contribution in [-0.4, -0.2) is 35.2 Å². The first-order chi connectivity index (χ1) is 5.62. The van der Waals surface area contributed by atoms with Crippen molar-refractivity contribution in [3.63, 3.8) is 0 Å². The van der Waals surface area contributed by atoms with Gasteiger partial charge in [-0.3, -0.25) is 0 Å². The maximum atomic E-state index is 10.3. The summed E-state index contributed by atoms with van der Waals surface area (Å²) >= 11 is 0. The monoisotopic (exact) mass is 169 g/mol. The highest BCUT2D eigenvalue weighted by atomic mass is 16.3. The Bertz CT molecular complexity index is 179. The summed E-state index contributed by atoms with van der Waals surface area (Å²) in [6, 6.07) is 0.560. The van der Waals surface area contributed by atoms with Gasteiger partial charge in [-0.25, -0.2) is 0 Å². The number of hydrogen-bond donors (Lipinski definition) is 1. The lowest BCUT2D eigenvalue weighted by molar-refractivity contribution is -0.0527. The van der Waals surface area contributed by atoms with E-state index in [1.807, 2.05) is 0 Å². The highest BCUT2D eigenvalue weighted by Gasteiger charge is 2.46. The Labute approximate surface area is 74.6 Å². The van der Waals surface area contributed by atoms with E-state index in [0.29, 0.717) is 12.0 Å². The highest BCUT2D eigenvalue weighted by molar-refractivity contribution is 4.99. The minimum atomic E-state index is -0.300. The summed E-state index contributed by atoms with van der Waals surface area (Å²) in [5.74, 6) is 0.633. The van der Waals surface area contributed by atoms with Gasteiger partial charge in [-0.05, 0) is 45.6 Å². The molecule has 2 unspecified atom stereocenters. The van der Waals surface area contributed by atoms with Gasteiger partial charge in [0.05, 0.1) is 5.60 Å². The molecule has 70 valence electrons. The van der Waals surface area contributed by atoms with Gasteiger partial charge < -0.3 is 10.0 Å². The lowest BCUT2D eigenvalue weighted by Gasteiger charge is -2.41. The molecule has 0 bridgehead atoms. The van der Waals surface area contributed by atoms with Gasteiger partial charge in [0, 0.05) is 12.6 Å². The molecule has 2 rings (SSSR count). The van der Waals surface area contributed by atoms with E-state index >= 15 is 0 Å². The minimum absolute atomic E-state index is 0.300. The average molecular weight is 169 g/mol. The molecule has 0 spiro atoms. The maximum Gasteiger partial charge on any atom is 0.0702 e. The van der Waals surface area contributed by atoms with E-state index < -0.39 is 0 Å².